The van der Waals surface area contributed by atoms with Gasteiger partial charge < -0.3 is 5.32 Å². The van der Waals surface area contributed by atoms with Crippen molar-refractivity contribution in [3.05, 3.63) is 41.5 Å². The van der Waals surface area contributed by atoms with Gasteiger partial charge in [0, 0.05) is 12.1 Å². The van der Waals surface area contributed by atoms with Crippen LogP contribution in [0.5, 0.6) is 0 Å². The van der Waals surface area contributed by atoms with E-state index >= 15 is 0 Å². The molecule has 1 atom stereocenters. The van der Waals surface area contributed by atoms with Gasteiger partial charge in [0.05, 0.1) is 0 Å². The molecule has 0 saturated heterocycles. The number of carbonyl (C=O) groups is 1. The molecular formula is C19H27NO. The van der Waals surface area contributed by atoms with Crippen LogP contribution in [-0.4, -0.2) is 11.9 Å². The summed E-state index contributed by atoms with van der Waals surface area (Å²) >= 11 is 0. The summed E-state index contributed by atoms with van der Waals surface area (Å²) in [6.45, 7) is 8.90. The van der Waals surface area contributed by atoms with Crippen LogP contribution in [0.1, 0.15) is 64.0 Å². The Morgan fingerprint density at radius 2 is 1.95 bits per heavy atom. The summed E-state index contributed by atoms with van der Waals surface area (Å²) in [5.41, 5.74) is 2.76. The standard InChI is InChI=1S/C19H27NO/c1-14(2)16-8-5-15(6-9-16)7-10-18(21)20-17-11-12-19(3,4)13-17/h5-10,14,17H,11-13H2,1-4H3,(H,20,21)/b10-7+. The molecule has 1 N–H and O–H groups in total. The Balaban J connectivity index is 1.87. The number of benzene rings is 1. The summed E-state index contributed by atoms with van der Waals surface area (Å²) < 4.78 is 0. The second kappa shape index (κ2) is 6.46. The summed E-state index contributed by atoms with van der Waals surface area (Å²) in [4.78, 5) is 12.0. The third kappa shape index (κ3) is 4.73. The summed E-state index contributed by atoms with van der Waals surface area (Å²) in [5.74, 6) is 0.558. The Labute approximate surface area is 128 Å². The fourth-order valence-electron chi connectivity index (χ4n) is 2.97. The Hall–Kier alpha value is -1.57. The molecular weight excluding hydrogens is 258 g/mol. The minimum absolute atomic E-state index is 0.0191. The molecule has 21 heavy (non-hydrogen) atoms. The van der Waals surface area contributed by atoms with Crippen LogP contribution in [0.4, 0.5) is 0 Å². The molecule has 1 aromatic rings. The van der Waals surface area contributed by atoms with Crippen molar-refractivity contribution in [1.29, 1.82) is 0 Å². The predicted octanol–water partition coefficient (Wildman–Crippen LogP) is 4.52. The highest BCUT2D eigenvalue weighted by molar-refractivity contribution is 5.91. The minimum atomic E-state index is 0.0191. The lowest BCUT2D eigenvalue weighted by Gasteiger charge is -2.17. The van der Waals surface area contributed by atoms with Gasteiger partial charge in [-0.1, -0.05) is 52.0 Å². The lowest BCUT2D eigenvalue weighted by molar-refractivity contribution is -0.117. The molecule has 1 fully saturated rings. The lowest BCUT2D eigenvalue weighted by Crippen LogP contribution is -2.32. The van der Waals surface area contributed by atoms with E-state index in [9.17, 15) is 4.79 Å². The molecule has 2 nitrogen and oxygen atoms in total. The largest absolute Gasteiger partial charge is 0.350 e. The molecule has 1 aliphatic rings. The highest BCUT2D eigenvalue weighted by Gasteiger charge is 2.31. The highest BCUT2D eigenvalue weighted by atomic mass is 16.1. The number of amides is 1. The van der Waals surface area contributed by atoms with Crippen molar-refractivity contribution in [2.75, 3.05) is 0 Å². The summed E-state index contributed by atoms with van der Waals surface area (Å²) in [6, 6.07) is 8.72. The van der Waals surface area contributed by atoms with Gasteiger partial charge in [-0.3, -0.25) is 4.79 Å². The van der Waals surface area contributed by atoms with Crippen molar-refractivity contribution in [2.45, 2.75) is 58.9 Å². The van der Waals surface area contributed by atoms with E-state index in [1.54, 1.807) is 6.08 Å². The van der Waals surface area contributed by atoms with E-state index in [2.05, 4.69) is 57.3 Å². The van der Waals surface area contributed by atoms with Crippen LogP contribution in [0.25, 0.3) is 6.08 Å². The molecule has 2 rings (SSSR count). The van der Waals surface area contributed by atoms with Crippen molar-refractivity contribution in [1.82, 2.24) is 5.32 Å². The van der Waals surface area contributed by atoms with Crippen LogP contribution >= 0.6 is 0 Å². The van der Waals surface area contributed by atoms with Gasteiger partial charge in [0.25, 0.3) is 0 Å². The van der Waals surface area contributed by atoms with Gasteiger partial charge in [-0.15, -0.1) is 0 Å². The van der Waals surface area contributed by atoms with Gasteiger partial charge in [-0.2, -0.15) is 0 Å². The van der Waals surface area contributed by atoms with Crippen LogP contribution in [0.2, 0.25) is 0 Å². The first-order valence-electron chi connectivity index (χ1n) is 7.94. The SMILES string of the molecule is CC(C)c1ccc(/C=C/C(=O)NC2CCC(C)(C)C2)cc1. The van der Waals surface area contributed by atoms with E-state index in [0.29, 0.717) is 17.4 Å². The zero-order valence-electron chi connectivity index (χ0n) is 13.6. The smallest absolute Gasteiger partial charge is 0.244 e. The zero-order valence-corrected chi connectivity index (χ0v) is 13.6. The summed E-state index contributed by atoms with van der Waals surface area (Å²) in [6.07, 6.45) is 6.90. The van der Waals surface area contributed by atoms with Crippen molar-refractivity contribution in [3.63, 3.8) is 0 Å². The van der Waals surface area contributed by atoms with Crippen molar-refractivity contribution in [3.8, 4) is 0 Å². The molecule has 0 bridgehead atoms. The molecule has 0 spiro atoms. The normalized spacial score (nSPS) is 21.1. The fraction of sp³-hybridized carbons (Fsp3) is 0.526. The predicted molar refractivity (Wildman–Crippen MR) is 89.1 cm³/mol. The van der Waals surface area contributed by atoms with E-state index in [4.69, 9.17) is 0 Å². The molecule has 1 unspecified atom stereocenters. The molecule has 1 aliphatic carbocycles. The topological polar surface area (TPSA) is 29.1 Å². The van der Waals surface area contributed by atoms with E-state index < -0.39 is 0 Å². The van der Waals surface area contributed by atoms with E-state index in [1.165, 1.54) is 12.0 Å². The van der Waals surface area contributed by atoms with Gasteiger partial charge >= 0.3 is 0 Å². The second-order valence-corrected chi connectivity index (χ2v) is 7.27. The number of carbonyl (C=O) groups excluding carboxylic acids is 1. The first kappa shape index (κ1) is 15.8. The third-order valence-corrected chi connectivity index (χ3v) is 4.35. The zero-order chi connectivity index (χ0) is 15.5. The monoisotopic (exact) mass is 285 g/mol. The Morgan fingerprint density at radius 3 is 2.48 bits per heavy atom. The van der Waals surface area contributed by atoms with Gasteiger partial charge in [-0.25, -0.2) is 0 Å². The summed E-state index contributed by atoms with van der Waals surface area (Å²) in [5, 5.41) is 3.11. The molecule has 0 aromatic heterocycles. The van der Waals surface area contributed by atoms with E-state index in [1.807, 2.05) is 6.08 Å². The number of nitrogens with one attached hydrogen (secondary N) is 1. The minimum Gasteiger partial charge on any atom is -0.350 e. The number of hydrogen-bond donors (Lipinski definition) is 1. The quantitative estimate of drug-likeness (QED) is 0.810. The molecule has 1 aromatic carbocycles. The molecule has 0 aliphatic heterocycles. The van der Waals surface area contributed by atoms with Crippen LogP contribution in [0.15, 0.2) is 30.3 Å². The average Bonchev–Trinajstić information content (AvgIpc) is 2.76. The van der Waals surface area contributed by atoms with E-state index in [-0.39, 0.29) is 5.91 Å². The average molecular weight is 285 g/mol. The summed E-state index contributed by atoms with van der Waals surface area (Å²) in [7, 11) is 0. The van der Waals surface area contributed by atoms with E-state index in [0.717, 1.165) is 18.4 Å². The molecule has 0 radical (unpaired) electrons. The lowest BCUT2D eigenvalue weighted by atomic mass is 9.92. The van der Waals surface area contributed by atoms with Gasteiger partial charge in [-0.05, 0) is 47.8 Å². The van der Waals surface area contributed by atoms with Crippen molar-refractivity contribution < 1.29 is 4.79 Å². The maximum Gasteiger partial charge on any atom is 0.244 e. The Kier molecular flexibility index (Phi) is 4.87. The van der Waals surface area contributed by atoms with Crippen LogP contribution in [0.3, 0.4) is 0 Å². The third-order valence-electron chi connectivity index (χ3n) is 4.35. The number of rotatable bonds is 4. The van der Waals surface area contributed by atoms with Crippen molar-refractivity contribution in [2.24, 2.45) is 5.41 Å². The maximum atomic E-state index is 12.0. The highest BCUT2D eigenvalue weighted by Crippen LogP contribution is 2.36. The molecule has 2 heteroatoms. The van der Waals surface area contributed by atoms with Crippen molar-refractivity contribution >= 4 is 12.0 Å². The fourth-order valence-corrected chi connectivity index (χ4v) is 2.97. The van der Waals surface area contributed by atoms with Crippen LogP contribution in [-0.2, 0) is 4.79 Å². The molecule has 0 heterocycles. The van der Waals surface area contributed by atoms with Crippen LogP contribution < -0.4 is 5.32 Å². The maximum absolute atomic E-state index is 12.0. The first-order chi connectivity index (χ1) is 9.85. The number of hydrogen-bond acceptors (Lipinski definition) is 1. The van der Waals surface area contributed by atoms with Crippen LogP contribution in [0, 0.1) is 5.41 Å². The van der Waals surface area contributed by atoms with Gasteiger partial charge in [0.15, 0.2) is 0 Å². The molecule has 1 amide bonds. The van der Waals surface area contributed by atoms with Gasteiger partial charge in [0.2, 0.25) is 5.91 Å². The Morgan fingerprint density at radius 1 is 1.29 bits per heavy atom. The molecule has 114 valence electrons. The second-order valence-electron chi connectivity index (χ2n) is 7.27. The first-order valence-corrected chi connectivity index (χ1v) is 7.94. The van der Waals surface area contributed by atoms with Gasteiger partial charge in [0.1, 0.15) is 0 Å². The molecule has 1 saturated carbocycles. The Bertz CT molecular complexity index is 511.